The molecule has 7 heteroatoms. The summed E-state index contributed by atoms with van der Waals surface area (Å²) < 4.78 is 0. The average molecular weight is 339 g/mol. The van der Waals surface area contributed by atoms with Crippen LogP contribution in [-0.2, 0) is 4.79 Å². The Morgan fingerprint density at radius 1 is 1.36 bits per heavy atom. The van der Waals surface area contributed by atoms with Gasteiger partial charge in [0, 0.05) is 13.5 Å². The van der Waals surface area contributed by atoms with E-state index < -0.39 is 26.0 Å². The van der Waals surface area contributed by atoms with Gasteiger partial charge in [0.15, 0.2) is 0 Å². The summed E-state index contributed by atoms with van der Waals surface area (Å²) in [6.07, 6.45) is 0. The molecular formula is C15H19ClN2O3Si. The Bertz CT molecular complexity index is 721. The lowest BCUT2D eigenvalue weighted by molar-refractivity contribution is -0.138. The fraction of sp³-hybridized carbons (Fsp3) is 0.333. The van der Waals surface area contributed by atoms with Gasteiger partial charge in [0.1, 0.15) is 11.7 Å². The van der Waals surface area contributed by atoms with Gasteiger partial charge in [-0.2, -0.15) is 0 Å². The summed E-state index contributed by atoms with van der Waals surface area (Å²) in [4.78, 5) is 26.6. The summed E-state index contributed by atoms with van der Waals surface area (Å²) in [5, 5.41) is 13.2. The Labute approximate surface area is 134 Å². The van der Waals surface area contributed by atoms with Gasteiger partial charge in [0.25, 0.3) is 5.91 Å². The Morgan fingerprint density at radius 2 is 2.05 bits per heavy atom. The quantitative estimate of drug-likeness (QED) is 0.731. The lowest BCUT2D eigenvalue weighted by atomic mass is 10.2. The van der Waals surface area contributed by atoms with E-state index in [-0.39, 0.29) is 0 Å². The zero-order chi connectivity index (χ0) is 16.5. The van der Waals surface area contributed by atoms with Gasteiger partial charge >= 0.3 is 5.97 Å². The van der Waals surface area contributed by atoms with E-state index in [4.69, 9.17) is 11.6 Å². The number of hydrogen-bond acceptors (Lipinski definition) is 2. The van der Waals surface area contributed by atoms with Crippen LogP contribution in [0, 0.1) is 0 Å². The van der Waals surface area contributed by atoms with Crippen molar-refractivity contribution in [3.05, 3.63) is 35.0 Å². The Morgan fingerprint density at radius 3 is 2.59 bits per heavy atom. The molecule has 2 aromatic rings. The summed E-state index contributed by atoms with van der Waals surface area (Å²) in [6.45, 7) is 6.20. The van der Waals surface area contributed by atoms with Gasteiger partial charge < -0.3 is 15.4 Å². The van der Waals surface area contributed by atoms with Crippen LogP contribution in [0.2, 0.25) is 30.7 Å². The van der Waals surface area contributed by atoms with Crippen molar-refractivity contribution in [2.75, 3.05) is 0 Å². The van der Waals surface area contributed by atoms with E-state index in [1.165, 1.54) is 0 Å². The average Bonchev–Trinajstić information content (AvgIpc) is 2.81. The molecule has 1 amide bonds. The second kappa shape index (κ2) is 6.14. The van der Waals surface area contributed by atoms with Crippen LogP contribution in [0.5, 0.6) is 0 Å². The third-order valence-corrected chi connectivity index (χ3v) is 5.22. The summed E-state index contributed by atoms with van der Waals surface area (Å²) in [6, 6.07) is 6.64. The second-order valence-corrected chi connectivity index (χ2v) is 12.5. The van der Waals surface area contributed by atoms with Crippen molar-refractivity contribution < 1.29 is 14.7 Å². The first-order valence-electron chi connectivity index (χ1n) is 6.98. The van der Waals surface area contributed by atoms with Crippen molar-refractivity contribution in [3.63, 3.8) is 0 Å². The van der Waals surface area contributed by atoms with Gasteiger partial charge in [-0.15, -0.1) is 0 Å². The molecule has 118 valence electrons. The van der Waals surface area contributed by atoms with E-state index in [9.17, 15) is 14.7 Å². The van der Waals surface area contributed by atoms with Crippen molar-refractivity contribution in [1.29, 1.82) is 0 Å². The number of aromatic amines is 1. The third kappa shape index (κ3) is 3.89. The van der Waals surface area contributed by atoms with Crippen molar-refractivity contribution in [2.24, 2.45) is 0 Å². The number of carbonyl (C=O) groups excluding carboxylic acids is 1. The van der Waals surface area contributed by atoms with Crippen LogP contribution in [-0.4, -0.2) is 36.1 Å². The summed E-state index contributed by atoms with van der Waals surface area (Å²) >= 11 is 6.07. The minimum atomic E-state index is -1.62. The number of halogens is 1. The number of rotatable bonds is 5. The van der Waals surface area contributed by atoms with Crippen LogP contribution >= 0.6 is 11.6 Å². The molecule has 1 heterocycles. The lowest BCUT2D eigenvalue weighted by Crippen LogP contribution is -2.45. The van der Waals surface area contributed by atoms with E-state index in [0.717, 1.165) is 5.39 Å². The molecule has 0 unspecified atom stereocenters. The SMILES string of the molecule is C[Si](C)(C)C[C@H](NC(=O)c1cc2cccc(Cl)c2[nH]1)C(=O)O. The van der Waals surface area contributed by atoms with E-state index in [1.54, 1.807) is 18.2 Å². The first kappa shape index (κ1) is 16.6. The van der Waals surface area contributed by atoms with Gasteiger partial charge in [-0.25, -0.2) is 0 Å². The van der Waals surface area contributed by atoms with E-state index in [0.29, 0.717) is 22.3 Å². The van der Waals surface area contributed by atoms with Crippen molar-refractivity contribution in [2.45, 2.75) is 31.7 Å². The maximum atomic E-state index is 12.3. The number of para-hydroxylation sites is 1. The van der Waals surface area contributed by atoms with E-state index >= 15 is 0 Å². The first-order chi connectivity index (χ1) is 10.2. The molecule has 1 aromatic carbocycles. The molecular weight excluding hydrogens is 320 g/mol. The Kier molecular flexibility index (Phi) is 4.62. The van der Waals surface area contributed by atoms with Crippen LogP contribution < -0.4 is 5.32 Å². The minimum absolute atomic E-state index is 0.310. The van der Waals surface area contributed by atoms with Gasteiger partial charge in [-0.3, -0.25) is 9.59 Å². The van der Waals surface area contributed by atoms with Gasteiger partial charge in [-0.1, -0.05) is 43.4 Å². The molecule has 0 saturated carbocycles. The number of carboxylic acids is 1. The molecule has 0 spiro atoms. The Balaban J connectivity index is 2.22. The normalized spacial score (nSPS) is 13.1. The van der Waals surface area contributed by atoms with E-state index in [2.05, 4.69) is 29.9 Å². The maximum absolute atomic E-state index is 12.3. The molecule has 0 radical (unpaired) electrons. The highest BCUT2D eigenvalue weighted by atomic mass is 35.5. The monoisotopic (exact) mass is 338 g/mol. The number of carboxylic acid groups (broad SMARTS) is 1. The van der Waals surface area contributed by atoms with Gasteiger partial charge in [0.05, 0.1) is 10.5 Å². The molecule has 3 N–H and O–H groups in total. The highest BCUT2D eigenvalue weighted by Crippen LogP contribution is 2.23. The number of amides is 1. The molecule has 5 nitrogen and oxygen atoms in total. The standard InChI is InChI=1S/C15H19ClN2O3Si/c1-22(2,3)8-12(15(20)21)18-14(19)11-7-9-5-4-6-10(16)13(9)17-11/h4-7,12,17H,8H2,1-3H3,(H,18,19)(H,20,21)/t12-/m0/s1. The summed E-state index contributed by atoms with van der Waals surface area (Å²) in [5.74, 6) is -1.44. The molecule has 1 atom stereocenters. The van der Waals surface area contributed by atoms with Gasteiger partial charge in [-0.05, 0) is 18.2 Å². The largest absolute Gasteiger partial charge is 0.480 e. The minimum Gasteiger partial charge on any atom is -0.480 e. The molecule has 2 rings (SSSR count). The molecule has 0 aliphatic heterocycles. The molecule has 1 aromatic heterocycles. The Hall–Kier alpha value is -1.79. The zero-order valence-electron chi connectivity index (χ0n) is 12.7. The third-order valence-electron chi connectivity index (χ3n) is 3.27. The van der Waals surface area contributed by atoms with Crippen molar-refractivity contribution >= 4 is 42.5 Å². The van der Waals surface area contributed by atoms with Crippen molar-refractivity contribution in [1.82, 2.24) is 10.3 Å². The number of H-pyrrole nitrogens is 1. The van der Waals surface area contributed by atoms with Crippen LogP contribution in [0.1, 0.15) is 10.5 Å². The number of nitrogens with one attached hydrogen (secondary N) is 2. The van der Waals surface area contributed by atoms with Crippen LogP contribution in [0.25, 0.3) is 10.9 Å². The highest BCUT2D eigenvalue weighted by Gasteiger charge is 2.28. The highest BCUT2D eigenvalue weighted by molar-refractivity contribution is 6.76. The fourth-order valence-electron chi connectivity index (χ4n) is 2.29. The molecule has 22 heavy (non-hydrogen) atoms. The molecule has 0 bridgehead atoms. The number of carbonyl (C=O) groups is 2. The number of aliphatic carboxylic acids is 1. The van der Waals surface area contributed by atoms with Crippen molar-refractivity contribution in [3.8, 4) is 0 Å². The fourth-order valence-corrected chi connectivity index (χ4v) is 4.02. The number of aromatic nitrogens is 1. The predicted molar refractivity (Wildman–Crippen MR) is 90.4 cm³/mol. The molecule has 0 saturated heterocycles. The van der Waals surface area contributed by atoms with Crippen LogP contribution in [0.15, 0.2) is 24.3 Å². The second-order valence-electron chi connectivity index (χ2n) is 6.52. The lowest BCUT2D eigenvalue weighted by Gasteiger charge is -2.22. The maximum Gasteiger partial charge on any atom is 0.325 e. The zero-order valence-corrected chi connectivity index (χ0v) is 14.5. The smallest absolute Gasteiger partial charge is 0.325 e. The number of benzene rings is 1. The summed E-state index contributed by atoms with van der Waals surface area (Å²) in [7, 11) is -1.62. The molecule has 0 aliphatic rings. The van der Waals surface area contributed by atoms with E-state index in [1.807, 2.05) is 6.07 Å². The predicted octanol–water partition coefficient (Wildman–Crippen LogP) is 3.34. The van der Waals surface area contributed by atoms with Crippen LogP contribution in [0.4, 0.5) is 0 Å². The molecule has 0 aliphatic carbocycles. The van der Waals surface area contributed by atoms with Crippen LogP contribution in [0.3, 0.4) is 0 Å². The van der Waals surface area contributed by atoms with Gasteiger partial charge in [0.2, 0.25) is 0 Å². The molecule has 0 fully saturated rings. The first-order valence-corrected chi connectivity index (χ1v) is 11.1. The number of hydrogen-bond donors (Lipinski definition) is 3. The topological polar surface area (TPSA) is 82.2 Å². The summed E-state index contributed by atoms with van der Waals surface area (Å²) in [5.41, 5.74) is 0.983. The number of fused-ring (bicyclic) bond motifs is 1.